The van der Waals surface area contributed by atoms with Crippen LogP contribution in [0.3, 0.4) is 0 Å². The van der Waals surface area contributed by atoms with E-state index in [9.17, 15) is 4.79 Å². The topological polar surface area (TPSA) is 56.8 Å². The molecule has 33 heavy (non-hydrogen) atoms. The van der Waals surface area contributed by atoms with Crippen molar-refractivity contribution < 1.29 is 19.0 Å². The molecule has 2 atom stereocenters. The number of hydrogen-bond acceptors (Lipinski definition) is 5. The number of fused-ring (bicyclic) bond motifs is 1. The van der Waals surface area contributed by atoms with Crippen LogP contribution >= 0.6 is 0 Å². The number of nitrogens with one attached hydrogen (secondary N) is 1. The third kappa shape index (κ3) is 5.70. The van der Waals surface area contributed by atoms with Gasteiger partial charge in [0.1, 0.15) is 17.5 Å². The molecular weight excluding hydrogens is 414 g/mol. The predicted octanol–water partition coefficient (Wildman–Crippen LogP) is 6.08. The van der Waals surface area contributed by atoms with Crippen LogP contribution in [0.25, 0.3) is 0 Å². The molecule has 1 fully saturated rings. The Morgan fingerprint density at radius 2 is 1.85 bits per heavy atom. The van der Waals surface area contributed by atoms with Gasteiger partial charge in [-0.15, -0.1) is 0 Å². The van der Waals surface area contributed by atoms with Crippen LogP contribution in [0, 0.1) is 5.92 Å². The first-order valence-electron chi connectivity index (χ1n) is 12.4. The Morgan fingerprint density at radius 3 is 2.58 bits per heavy atom. The van der Waals surface area contributed by atoms with Gasteiger partial charge in [-0.3, -0.25) is 4.79 Å². The smallest absolute Gasteiger partial charge is 0.309 e. The molecule has 178 valence electrons. The molecule has 5 heteroatoms. The number of carbonyl (C=O) groups is 1. The minimum absolute atomic E-state index is 0.0194. The van der Waals surface area contributed by atoms with Crippen molar-refractivity contribution in [2.75, 3.05) is 18.5 Å². The number of rotatable bonds is 8. The molecule has 4 rings (SSSR count). The summed E-state index contributed by atoms with van der Waals surface area (Å²) in [5, 5.41) is 3.37. The average molecular weight is 452 g/mol. The van der Waals surface area contributed by atoms with E-state index in [1.807, 2.05) is 44.2 Å². The van der Waals surface area contributed by atoms with Gasteiger partial charge in [0.15, 0.2) is 6.10 Å². The summed E-state index contributed by atoms with van der Waals surface area (Å²) in [6.45, 7) is 7.40. The summed E-state index contributed by atoms with van der Waals surface area (Å²) in [7, 11) is 0. The number of esters is 1. The Morgan fingerprint density at radius 1 is 1.09 bits per heavy atom. The zero-order valence-corrected chi connectivity index (χ0v) is 20.1. The van der Waals surface area contributed by atoms with E-state index in [1.165, 1.54) is 12.0 Å². The SMILES string of the molecule is CCNc1ccc2c(c1)C(OCCc1ccccc1)C(OC(=O)C1CCCCC1)C(C)(C)O2. The minimum atomic E-state index is -0.700. The van der Waals surface area contributed by atoms with Crippen molar-refractivity contribution in [1.29, 1.82) is 0 Å². The Hall–Kier alpha value is -2.53. The third-order valence-corrected chi connectivity index (χ3v) is 6.74. The first-order valence-corrected chi connectivity index (χ1v) is 12.4. The van der Waals surface area contributed by atoms with Crippen molar-refractivity contribution in [3.63, 3.8) is 0 Å². The molecule has 5 nitrogen and oxygen atoms in total. The van der Waals surface area contributed by atoms with E-state index in [2.05, 4.69) is 30.4 Å². The summed E-state index contributed by atoms with van der Waals surface area (Å²) >= 11 is 0. The van der Waals surface area contributed by atoms with E-state index < -0.39 is 17.8 Å². The molecule has 1 saturated carbocycles. The van der Waals surface area contributed by atoms with Crippen molar-refractivity contribution in [2.24, 2.45) is 5.92 Å². The Labute approximate surface area is 197 Å². The number of ether oxygens (including phenoxy) is 3. The lowest BCUT2D eigenvalue weighted by Gasteiger charge is -2.44. The lowest BCUT2D eigenvalue weighted by atomic mass is 9.86. The van der Waals surface area contributed by atoms with Gasteiger partial charge in [0.25, 0.3) is 0 Å². The van der Waals surface area contributed by atoms with Crippen LogP contribution < -0.4 is 10.1 Å². The van der Waals surface area contributed by atoms with Gasteiger partial charge in [-0.25, -0.2) is 0 Å². The molecule has 0 aromatic heterocycles. The Kier molecular flexibility index (Phi) is 7.59. The van der Waals surface area contributed by atoms with Gasteiger partial charge in [-0.05, 0) is 63.8 Å². The summed E-state index contributed by atoms with van der Waals surface area (Å²) in [5.41, 5.74) is 2.46. The largest absolute Gasteiger partial charge is 0.483 e. The van der Waals surface area contributed by atoms with E-state index in [-0.39, 0.29) is 11.9 Å². The zero-order valence-electron chi connectivity index (χ0n) is 20.1. The van der Waals surface area contributed by atoms with Gasteiger partial charge < -0.3 is 19.5 Å². The molecule has 1 heterocycles. The summed E-state index contributed by atoms with van der Waals surface area (Å²) in [6, 6.07) is 16.4. The van der Waals surface area contributed by atoms with Crippen molar-refractivity contribution in [1.82, 2.24) is 0 Å². The zero-order chi connectivity index (χ0) is 23.3. The van der Waals surface area contributed by atoms with Crippen LogP contribution in [0.15, 0.2) is 48.5 Å². The Balaban J connectivity index is 1.59. The van der Waals surface area contributed by atoms with Crippen LogP contribution in [0.5, 0.6) is 5.75 Å². The molecule has 1 N–H and O–H groups in total. The average Bonchev–Trinajstić information content (AvgIpc) is 2.82. The van der Waals surface area contributed by atoms with Crippen LogP contribution in [0.2, 0.25) is 0 Å². The van der Waals surface area contributed by atoms with Crippen molar-refractivity contribution in [3.8, 4) is 5.75 Å². The molecule has 2 aromatic rings. The molecule has 2 unspecified atom stereocenters. The van der Waals surface area contributed by atoms with E-state index in [0.29, 0.717) is 6.61 Å². The normalized spacial score (nSPS) is 22.2. The fourth-order valence-electron chi connectivity index (χ4n) is 4.94. The van der Waals surface area contributed by atoms with Crippen LogP contribution in [0.1, 0.15) is 70.1 Å². The number of hydrogen-bond donors (Lipinski definition) is 1. The number of anilines is 1. The van der Waals surface area contributed by atoms with Gasteiger partial charge in [0.05, 0.1) is 12.5 Å². The van der Waals surface area contributed by atoms with E-state index >= 15 is 0 Å². The second kappa shape index (κ2) is 10.6. The summed E-state index contributed by atoms with van der Waals surface area (Å²) in [5.74, 6) is 0.657. The maximum Gasteiger partial charge on any atom is 0.309 e. The fraction of sp³-hybridized carbons (Fsp3) is 0.536. The van der Waals surface area contributed by atoms with E-state index in [0.717, 1.165) is 55.6 Å². The lowest BCUT2D eigenvalue weighted by Crippen LogP contribution is -2.52. The highest BCUT2D eigenvalue weighted by molar-refractivity contribution is 5.73. The highest BCUT2D eigenvalue weighted by Gasteiger charge is 2.48. The first kappa shape index (κ1) is 23.6. The third-order valence-electron chi connectivity index (χ3n) is 6.74. The second-order valence-electron chi connectivity index (χ2n) is 9.71. The molecule has 2 aromatic carbocycles. The van der Waals surface area contributed by atoms with Crippen LogP contribution in [-0.2, 0) is 20.7 Å². The van der Waals surface area contributed by atoms with Gasteiger partial charge in [-0.1, -0.05) is 49.6 Å². The molecule has 1 aliphatic carbocycles. The highest BCUT2D eigenvalue weighted by Crippen LogP contribution is 2.45. The van der Waals surface area contributed by atoms with Crippen molar-refractivity contribution in [3.05, 3.63) is 59.7 Å². The fourth-order valence-corrected chi connectivity index (χ4v) is 4.94. The quantitative estimate of drug-likeness (QED) is 0.493. The van der Waals surface area contributed by atoms with E-state index in [1.54, 1.807) is 0 Å². The monoisotopic (exact) mass is 451 g/mol. The number of carbonyl (C=O) groups excluding carboxylic acids is 1. The van der Waals surface area contributed by atoms with Crippen LogP contribution in [0.4, 0.5) is 5.69 Å². The molecular formula is C28H37NO4. The molecule has 0 amide bonds. The number of benzene rings is 2. The first-order chi connectivity index (χ1) is 16.0. The standard InChI is InChI=1S/C28H37NO4/c1-4-29-22-15-16-24-23(19-22)25(31-18-17-20-11-7-5-8-12-20)26(28(2,3)33-24)32-27(30)21-13-9-6-10-14-21/h5,7-8,11-12,15-16,19,21,25-26,29H,4,6,9-10,13-14,17-18H2,1-3H3. The maximum absolute atomic E-state index is 13.1. The molecule has 1 aliphatic heterocycles. The van der Waals surface area contributed by atoms with Gasteiger partial charge in [0, 0.05) is 17.8 Å². The molecule has 0 radical (unpaired) electrons. The van der Waals surface area contributed by atoms with Gasteiger partial charge in [0.2, 0.25) is 0 Å². The highest BCUT2D eigenvalue weighted by atomic mass is 16.6. The summed E-state index contributed by atoms with van der Waals surface area (Å²) in [4.78, 5) is 13.1. The summed E-state index contributed by atoms with van der Waals surface area (Å²) < 4.78 is 19.1. The molecule has 0 saturated heterocycles. The second-order valence-corrected chi connectivity index (χ2v) is 9.71. The Bertz CT molecular complexity index is 921. The van der Waals surface area contributed by atoms with Crippen LogP contribution in [-0.4, -0.2) is 30.8 Å². The summed E-state index contributed by atoms with van der Waals surface area (Å²) in [6.07, 6.45) is 5.09. The molecule has 2 aliphatic rings. The van der Waals surface area contributed by atoms with Gasteiger partial charge >= 0.3 is 5.97 Å². The van der Waals surface area contributed by atoms with Gasteiger partial charge in [-0.2, -0.15) is 0 Å². The predicted molar refractivity (Wildman–Crippen MR) is 131 cm³/mol. The maximum atomic E-state index is 13.1. The minimum Gasteiger partial charge on any atom is -0.483 e. The molecule has 0 bridgehead atoms. The molecule has 0 spiro atoms. The van der Waals surface area contributed by atoms with Crippen molar-refractivity contribution in [2.45, 2.75) is 77.1 Å². The van der Waals surface area contributed by atoms with Crippen molar-refractivity contribution >= 4 is 11.7 Å². The van der Waals surface area contributed by atoms with E-state index in [4.69, 9.17) is 14.2 Å². The lowest BCUT2D eigenvalue weighted by molar-refractivity contribution is -0.189.